The number of benzene rings is 2. The molecule has 2 aromatic carbocycles. The maximum atomic E-state index is 12.0. The fourth-order valence-corrected chi connectivity index (χ4v) is 2.21. The first kappa shape index (κ1) is 15.1. The van der Waals surface area contributed by atoms with Crippen molar-refractivity contribution in [2.24, 2.45) is 0 Å². The number of nitro benzene ring substituents is 1. The van der Waals surface area contributed by atoms with Crippen LogP contribution in [0.4, 0.5) is 5.69 Å². The summed E-state index contributed by atoms with van der Waals surface area (Å²) in [5.74, 6) is -0.239. The molecule has 0 aliphatic carbocycles. The number of carbonyl (C=O) groups excluding carboxylic acids is 1. The SMILES string of the molecule is Cc1c(CNC(=O)c2cccc(S)c2)cccc1[N+](=O)[O-]. The molecule has 0 fully saturated rings. The highest BCUT2D eigenvalue weighted by Crippen LogP contribution is 2.21. The molecule has 0 saturated heterocycles. The van der Waals surface area contributed by atoms with Crippen LogP contribution in [0.2, 0.25) is 0 Å². The maximum Gasteiger partial charge on any atom is 0.272 e. The van der Waals surface area contributed by atoms with Gasteiger partial charge in [0.2, 0.25) is 0 Å². The average molecular weight is 302 g/mol. The Kier molecular flexibility index (Phi) is 4.59. The number of nitrogens with zero attached hydrogens (tertiary/aromatic N) is 1. The number of hydrogen-bond acceptors (Lipinski definition) is 4. The fourth-order valence-electron chi connectivity index (χ4n) is 1.98. The van der Waals surface area contributed by atoms with Gasteiger partial charge < -0.3 is 5.32 Å². The molecule has 108 valence electrons. The van der Waals surface area contributed by atoms with Gasteiger partial charge in [-0.15, -0.1) is 12.6 Å². The van der Waals surface area contributed by atoms with E-state index in [2.05, 4.69) is 17.9 Å². The zero-order valence-electron chi connectivity index (χ0n) is 11.4. The Labute approximate surface area is 127 Å². The largest absolute Gasteiger partial charge is 0.348 e. The number of nitro groups is 1. The summed E-state index contributed by atoms with van der Waals surface area (Å²) in [6.07, 6.45) is 0. The molecular formula is C15H14N2O3S. The van der Waals surface area contributed by atoms with Gasteiger partial charge in [0.25, 0.3) is 11.6 Å². The molecule has 0 aromatic heterocycles. The summed E-state index contributed by atoms with van der Waals surface area (Å²) < 4.78 is 0. The molecule has 0 saturated carbocycles. The molecule has 21 heavy (non-hydrogen) atoms. The summed E-state index contributed by atoms with van der Waals surface area (Å²) in [5, 5.41) is 13.6. The van der Waals surface area contributed by atoms with Gasteiger partial charge in [-0.2, -0.15) is 0 Å². The van der Waals surface area contributed by atoms with Gasteiger partial charge in [0.1, 0.15) is 0 Å². The Bertz CT molecular complexity index is 701. The van der Waals surface area contributed by atoms with Gasteiger partial charge >= 0.3 is 0 Å². The van der Waals surface area contributed by atoms with E-state index in [0.29, 0.717) is 16.0 Å². The van der Waals surface area contributed by atoms with E-state index >= 15 is 0 Å². The van der Waals surface area contributed by atoms with Crippen LogP contribution in [0.25, 0.3) is 0 Å². The summed E-state index contributed by atoms with van der Waals surface area (Å²) in [4.78, 5) is 23.2. The maximum absolute atomic E-state index is 12.0. The van der Waals surface area contributed by atoms with Crippen LogP contribution in [0, 0.1) is 17.0 Å². The lowest BCUT2D eigenvalue weighted by molar-refractivity contribution is -0.385. The minimum atomic E-state index is -0.426. The zero-order chi connectivity index (χ0) is 15.4. The number of nitrogens with one attached hydrogen (secondary N) is 1. The van der Waals surface area contributed by atoms with Crippen LogP contribution in [0.1, 0.15) is 21.5 Å². The smallest absolute Gasteiger partial charge is 0.272 e. The third kappa shape index (κ3) is 3.61. The topological polar surface area (TPSA) is 72.2 Å². The van der Waals surface area contributed by atoms with E-state index in [1.807, 2.05) is 0 Å². The molecule has 0 heterocycles. The molecule has 0 bridgehead atoms. The Hall–Kier alpha value is -2.34. The Morgan fingerprint density at radius 3 is 2.67 bits per heavy atom. The van der Waals surface area contributed by atoms with E-state index in [4.69, 9.17) is 0 Å². The minimum absolute atomic E-state index is 0.0547. The monoisotopic (exact) mass is 302 g/mol. The van der Waals surface area contributed by atoms with Gasteiger partial charge in [-0.1, -0.05) is 18.2 Å². The van der Waals surface area contributed by atoms with Crippen molar-refractivity contribution in [3.05, 3.63) is 69.3 Å². The Balaban J connectivity index is 2.12. The second-order valence-electron chi connectivity index (χ2n) is 4.55. The summed E-state index contributed by atoms with van der Waals surface area (Å²) >= 11 is 4.18. The van der Waals surface area contributed by atoms with Crippen molar-refractivity contribution < 1.29 is 9.72 Å². The number of thiol groups is 1. The van der Waals surface area contributed by atoms with Gasteiger partial charge in [-0.05, 0) is 30.7 Å². The third-order valence-electron chi connectivity index (χ3n) is 3.16. The number of hydrogen-bond donors (Lipinski definition) is 2. The minimum Gasteiger partial charge on any atom is -0.348 e. The van der Waals surface area contributed by atoms with E-state index in [9.17, 15) is 14.9 Å². The second kappa shape index (κ2) is 6.41. The van der Waals surface area contributed by atoms with Gasteiger partial charge in [0, 0.05) is 28.6 Å². The van der Waals surface area contributed by atoms with Crippen molar-refractivity contribution in [3.63, 3.8) is 0 Å². The lowest BCUT2D eigenvalue weighted by Gasteiger charge is -2.08. The molecule has 2 aromatic rings. The van der Waals surface area contributed by atoms with E-state index in [-0.39, 0.29) is 18.1 Å². The van der Waals surface area contributed by atoms with Gasteiger partial charge in [0.15, 0.2) is 0 Å². The van der Waals surface area contributed by atoms with Crippen molar-refractivity contribution in [3.8, 4) is 0 Å². The molecule has 0 radical (unpaired) electrons. The van der Waals surface area contributed by atoms with Gasteiger partial charge in [-0.3, -0.25) is 14.9 Å². The molecule has 0 atom stereocenters. The standard InChI is InChI=1S/C15H14N2O3S/c1-10-12(5-3-7-14(10)17(19)20)9-16-15(18)11-4-2-6-13(21)8-11/h2-8,21H,9H2,1H3,(H,16,18). The predicted molar refractivity (Wildman–Crippen MR) is 82.7 cm³/mol. The van der Waals surface area contributed by atoms with Gasteiger partial charge in [0.05, 0.1) is 4.92 Å². The van der Waals surface area contributed by atoms with Crippen molar-refractivity contribution >= 4 is 24.2 Å². The average Bonchev–Trinajstić information content (AvgIpc) is 2.45. The molecule has 0 aliphatic heterocycles. The van der Waals surface area contributed by atoms with Crippen LogP contribution in [-0.4, -0.2) is 10.8 Å². The Morgan fingerprint density at radius 2 is 2.00 bits per heavy atom. The van der Waals surface area contributed by atoms with Crippen LogP contribution in [0.15, 0.2) is 47.4 Å². The van der Waals surface area contributed by atoms with E-state index in [1.54, 1.807) is 43.3 Å². The number of carbonyl (C=O) groups is 1. The van der Waals surface area contributed by atoms with Crippen molar-refractivity contribution in [2.75, 3.05) is 0 Å². The molecular weight excluding hydrogens is 288 g/mol. The van der Waals surface area contributed by atoms with Gasteiger partial charge in [-0.25, -0.2) is 0 Å². The summed E-state index contributed by atoms with van der Waals surface area (Å²) in [6.45, 7) is 1.91. The van der Waals surface area contributed by atoms with E-state index in [0.717, 1.165) is 5.56 Å². The molecule has 0 spiro atoms. The highest BCUT2D eigenvalue weighted by atomic mass is 32.1. The molecule has 0 unspecified atom stereocenters. The first-order chi connectivity index (χ1) is 9.99. The molecule has 0 aliphatic rings. The van der Waals surface area contributed by atoms with Crippen LogP contribution < -0.4 is 5.32 Å². The van der Waals surface area contributed by atoms with Crippen LogP contribution in [0.5, 0.6) is 0 Å². The van der Waals surface area contributed by atoms with Crippen LogP contribution in [0.3, 0.4) is 0 Å². The molecule has 1 N–H and O–H groups in total. The second-order valence-corrected chi connectivity index (χ2v) is 5.07. The third-order valence-corrected chi connectivity index (χ3v) is 3.44. The predicted octanol–water partition coefficient (Wildman–Crippen LogP) is 3.12. The number of rotatable bonds is 4. The highest BCUT2D eigenvalue weighted by Gasteiger charge is 2.14. The van der Waals surface area contributed by atoms with E-state index < -0.39 is 4.92 Å². The number of amides is 1. The molecule has 1 amide bonds. The molecule has 2 rings (SSSR count). The normalized spacial score (nSPS) is 10.2. The first-order valence-electron chi connectivity index (χ1n) is 6.29. The van der Waals surface area contributed by atoms with Crippen LogP contribution in [-0.2, 0) is 6.54 Å². The highest BCUT2D eigenvalue weighted by molar-refractivity contribution is 7.80. The molecule has 6 heteroatoms. The van der Waals surface area contributed by atoms with Crippen molar-refractivity contribution in [2.45, 2.75) is 18.4 Å². The lowest BCUT2D eigenvalue weighted by Crippen LogP contribution is -2.23. The zero-order valence-corrected chi connectivity index (χ0v) is 12.3. The fraction of sp³-hybridized carbons (Fsp3) is 0.133. The van der Waals surface area contributed by atoms with Crippen molar-refractivity contribution in [1.29, 1.82) is 0 Å². The van der Waals surface area contributed by atoms with E-state index in [1.165, 1.54) is 6.07 Å². The van der Waals surface area contributed by atoms with Crippen molar-refractivity contribution in [1.82, 2.24) is 5.32 Å². The quantitative estimate of drug-likeness (QED) is 0.518. The first-order valence-corrected chi connectivity index (χ1v) is 6.74. The Morgan fingerprint density at radius 1 is 1.29 bits per heavy atom. The lowest BCUT2D eigenvalue weighted by atomic mass is 10.1. The molecule has 5 nitrogen and oxygen atoms in total. The van der Waals surface area contributed by atoms with Crippen LogP contribution >= 0.6 is 12.6 Å². The summed E-state index contributed by atoms with van der Waals surface area (Å²) in [6, 6.07) is 11.7. The summed E-state index contributed by atoms with van der Waals surface area (Å²) in [5.41, 5.74) is 1.84. The summed E-state index contributed by atoms with van der Waals surface area (Å²) in [7, 11) is 0.